The number of ether oxygens (including phenoxy) is 1. The van der Waals surface area contributed by atoms with Gasteiger partial charge in [-0.2, -0.15) is 5.26 Å². The molecule has 2 aromatic carbocycles. The van der Waals surface area contributed by atoms with E-state index in [0.717, 1.165) is 5.56 Å². The predicted molar refractivity (Wildman–Crippen MR) is 103 cm³/mol. The van der Waals surface area contributed by atoms with Gasteiger partial charge >= 0.3 is 0 Å². The quantitative estimate of drug-likeness (QED) is 0.656. The third-order valence-electron chi connectivity index (χ3n) is 3.78. The molecule has 1 heterocycles. The zero-order valence-electron chi connectivity index (χ0n) is 14.6. The fraction of sp³-hybridized carbons (Fsp3) is 0.0952. The van der Waals surface area contributed by atoms with Crippen LogP contribution in [0, 0.1) is 11.3 Å². The van der Waals surface area contributed by atoms with Gasteiger partial charge in [0, 0.05) is 18.5 Å². The lowest BCUT2D eigenvalue weighted by Crippen LogP contribution is -2.11. The van der Waals surface area contributed by atoms with Crippen LogP contribution in [0.4, 0.5) is 5.69 Å². The first-order valence-corrected chi connectivity index (χ1v) is 8.41. The number of amides is 1. The monoisotopic (exact) mass is 358 g/mol. The summed E-state index contributed by atoms with van der Waals surface area (Å²) in [4.78, 5) is 16.2. The van der Waals surface area contributed by atoms with E-state index in [1.807, 2.05) is 29.0 Å². The van der Waals surface area contributed by atoms with Gasteiger partial charge < -0.3 is 14.6 Å². The van der Waals surface area contributed by atoms with Crippen molar-refractivity contribution in [2.24, 2.45) is 0 Å². The number of nitrogens with zero attached hydrogens (tertiary/aromatic N) is 3. The number of imidazole rings is 1. The summed E-state index contributed by atoms with van der Waals surface area (Å²) in [5, 5.41) is 11.6. The topological polar surface area (TPSA) is 79.9 Å². The summed E-state index contributed by atoms with van der Waals surface area (Å²) in [5.41, 5.74) is 2.03. The van der Waals surface area contributed by atoms with E-state index in [2.05, 4.69) is 16.4 Å². The third-order valence-corrected chi connectivity index (χ3v) is 3.78. The number of hydrogen-bond donors (Lipinski definition) is 1. The first-order valence-electron chi connectivity index (χ1n) is 8.41. The van der Waals surface area contributed by atoms with Crippen LogP contribution < -0.4 is 10.1 Å². The van der Waals surface area contributed by atoms with Gasteiger partial charge in [-0.25, -0.2) is 4.98 Å². The summed E-state index contributed by atoms with van der Waals surface area (Å²) in [6.45, 7) is 1.13. The molecular weight excluding hydrogens is 340 g/mol. The van der Waals surface area contributed by atoms with Crippen LogP contribution in [0.25, 0.3) is 6.08 Å². The number of nitriles is 1. The molecule has 27 heavy (non-hydrogen) atoms. The maximum atomic E-state index is 12.2. The van der Waals surface area contributed by atoms with Crippen LogP contribution in [0.2, 0.25) is 0 Å². The van der Waals surface area contributed by atoms with Gasteiger partial charge in [0.05, 0.1) is 30.2 Å². The van der Waals surface area contributed by atoms with Gasteiger partial charge in [-0.1, -0.05) is 24.3 Å². The van der Waals surface area contributed by atoms with Crippen molar-refractivity contribution < 1.29 is 9.53 Å². The van der Waals surface area contributed by atoms with Crippen molar-refractivity contribution in [1.82, 2.24) is 9.55 Å². The van der Waals surface area contributed by atoms with Crippen molar-refractivity contribution in [2.45, 2.75) is 6.54 Å². The molecule has 0 bridgehead atoms. The Bertz CT molecular complexity index is 955. The van der Waals surface area contributed by atoms with Crippen LogP contribution in [-0.4, -0.2) is 22.1 Å². The van der Waals surface area contributed by atoms with Gasteiger partial charge in [0.1, 0.15) is 12.4 Å². The number of benzene rings is 2. The summed E-state index contributed by atoms with van der Waals surface area (Å²) < 4.78 is 7.70. The Labute approximate surface area is 157 Å². The average molecular weight is 358 g/mol. The van der Waals surface area contributed by atoms with E-state index in [1.54, 1.807) is 48.9 Å². The summed E-state index contributed by atoms with van der Waals surface area (Å²) in [7, 11) is 0. The fourth-order valence-corrected chi connectivity index (χ4v) is 2.39. The van der Waals surface area contributed by atoms with Gasteiger partial charge in [-0.3, -0.25) is 4.79 Å². The number of hydrogen-bond acceptors (Lipinski definition) is 4. The van der Waals surface area contributed by atoms with Gasteiger partial charge in [-0.15, -0.1) is 0 Å². The minimum atomic E-state index is -0.259. The first kappa shape index (κ1) is 18.0. The highest BCUT2D eigenvalue weighted by Crippen LogP contribution is 2.23. The fourth-order valence-electron chi connectivity index (χ4n) is 2.39. The molecule has 3 rings (SSSR count). The normalized spacial score (nSPS) is 10.5. The molecule has 0 saturated heterocycles. The number of carbonyl (C=O) groups is 1. The van der Waals surface area contributed by atoms with Gasteiger partial charge in [-0.05, 0) is 35.9 Å². The molecular formula is C21H18N4O2. The Kier molecular flexibility index (Phi) is 6.00. The lowest BCUT2D eigenvalue weighted by molar-refractivity contribution is -0.111. The molecule has 0 aliphatic carbocycles. The Hall–Kier alpha value is -3.85. The first-order chi connectivity index (χ1) is 13.2. The Balaban J connectivity index is 1.58. The summed E-state index contributed by atoms with van der Waals surface area (Å²) >= 11 is 0. The van der Waals surface area contributed by atoms with E-state index in [4.69, 9.17) is 10.00 Å². The standard InChI is InChI=1S/C21H18N4O2/c22-15-18-7-5-17(6-8-18)9-10-21(26)24-19-3-1-2-4-20(19)27-14-13-25-12-11-23-16-25/h1-12,16H,13-14H2,(H,24,26)/b10-9+. The van der Waals surface area contributed by atoms with Gasteiger partial charge in [0.25, 0.3) is 0 Å². The van der Waals surface area contributed by atoms with E-state index in [0.29, 0.717) is 30.2 Å². The van der Waals surface area contributed by atoms with Crippen molar-refractivity contribution in [3.05, 3.63) is 84.5 Å². The highest BCUT2D eigenvalue weighted by molar-refractivity contribution is 6.02. The highest BCUT2D eigenvalue weighted by atomic mass is 16.5. The minimum Gasteiger partial charge on any atom is -0.490 e. The molecule has 0 fully saturated rings. The number of rotatable bonds is 7. The number of aromatic nitrogens is 2. The number of nitrogens with one attached hydrogen (secondary N) is 1. The lowest BCUT2D eigenvalue weighted by Gasteiger charge is -2.11. The number of anilines is 1. The van der Waals surface area contributed by atoms with E-state index >= 15 is 0 Å². The molecule has 1 aromatic heterocycles. The molecule has 6 nitrogen and oxygen atoms in total. The Morgan fingerprint density at radius 2 is 2.04 bits per heavy atom. The molecule has 0 atom stereocenters. The van der Waals surface area contributed by atoms with Crippen molar-refractivity contribution in [2.75, 3.05) is 11.9 Å². The maximum Gasteiger partial charge on any atom is 0.248 e. The van der Waals surface area contributed by atoms with Crippen LogP contribution in [-0.2, 0) is 11.3 Å². The molecule has 1 amide bonds. The molecule has 134 valence electrons. The highest BCUT2D eigenvalue weighted by Gasteiger charge is 2.05. The van der Waals surface area contributed by atoms with E-state index in [1.165, 1.54) is 6.08 Å². The summed E-state index contributed by atoms with van der Waals surface area (Å²) in [5.74, 6) is 0.350. The van der Waals surface area contributed by atoms with E-state index in [-0.39, 0.29) is 5.91 Å². The van der Waals surface area contributed by atoms with Crippen LogP contribution in [0.3, 0.4) is 0 Å². The Morgan fingerprint density at radius 3 is 2.78 bits per heavy atom. The minimum absolute atomic E-state index is 0.259. The lowest BCUT2D eigenvalue weighted by atomic mass is 10.1. The Morgan fingerprint density at radius 1 is 1.22 bits per heavy atom. The molecule has 0 aliphatic rings. The molecule has 0 radical (unpaired) electrons. The van der Waals surface area contributed by atoms with Crippen LogP contribution in [0.15, 0.2) is 73.3 Å². The molecule has 0 saturated carbocycles. The maximum absolute atomic E-state index is 12.2. The predicted octanol–water partition coefficient (Wildman–Crippen LogP) is 3.49. The van der Waals surface area contributed by atoms with Gasteiger partial charge in [0.15, 0.2) is 0 Å². The zero-order valence-corrected chi connectivity index (χ0v) is 14.6. The van der Waals surface area contributed by atoms with Crippen molar-refractivity contribution in [3.63, 3.8) is 0 Å². The smallest absolute Gasteiger partial charge is 0.248 e. The number of para-hydroxylation sites is 2. The summed E-state index contributed by atoms with van der Waals surface area (Å²) in [6, 6.07) is 16.4. The molecule has 0 spiro atoms. The molecule has 6 heteroatoms. The molecule has 0 aliphatic heterocycles. The molecule has 3 aromatic rings. The molecule has 0 unspecified atom stereocenters. The van der Waals surface area contributed by atoms with Crippen LogP contribution >= 0.6 is 0 Å². The van der Waals surface area contributed by atoms with Gasteiger partial charge in [0.2, 0.25) is 5.91 Å². The second-order valence-electron chi connectivity index (χ2n) is 5.70. The van der Waals surface area contributed by atoms with E-state index in [9.17, 15) is 4.79 Å². The van der Waals surface area contributed by atoms with E-state index < -0.39 is 0 Å². The third kappa shape index (κ3) is 5.31. The van der Waals surface area contributed by atoms with Crippen molar-refractivity contribution in [3.8, 4) is 11.8 Å². The largest absolute Gasteiger partial charge is 0.490 e. The summed E-state index contributed by atoms with van der Waals surface area (Å²) in [6.07, 6.45) is 8.45. The number of carbonyl (C=O) groups excluding carboxylic acids is 1. The SMILES string of the molecule is N#Cc1ccc(/C=C/C(=O)Nc2ccccc2OCCn2ccnc2)cc1. The zero-order chi connectivity index (χ0) is 18.9. The van der Waals surface area contributed by atoms with Crippen LogP contribution in [0.1, 0.15) is 11.1 Å². The molecule has 1 N–H and O–H groups in total. The van der Waals surface area contributed by atoms with Crippen LogP contribution in [0.5, 0.6) is 5.75 Å². The van der Waals surface area contributed by atoms with Crippen molar-refractivity contribution >= 4 is 17.7 Å². The van der Waals surface area contributed by atoms with Crippen molar-refractivity contribution in [1.29, 1.82) is 5.26 Å². The average Bonchev–Trinajstić information content (AvgIpc) is 3.21. The second-order valence-corrected chi connectivity index (χ2v) is 5.70. The second kappa shape index (κ2) is 9.02.